The zero-order chi connectivity index (χ0) is 22.9. The van der Waals surface area contributed by atoms with Crippen LogP contribution < -0.4 is 4.74 Å². The molecule has 32 heavy (non-hydrogen) atoms. The van der Waals surface area contributed by atoms with E-state index >= 15 is 0 Å². The highest BCUT2D eigenvalue weighted by Gasteiger charge is 2.39. The highest BCUT2D eigenvalue weighted by atomic mass is 32.3. The fourth-order valence-electron chi connectivity index (χ4n) is 2.98. The molecule has 2 aromatic carbocycles. The first-order valence-electron chi connectivity index (χ1n) is 9.79. The lowest BCUT2D eigenvalue weighted by Crippen LogP contribution is -2.35. The number of aryl methyl sites for hydroxylation is 1. The maximum Gasteiger partial charge on any atom is 0.283 e. The summed E-state index contributed by atoms with van der Waals surface area (Å²) in [5, 5.41) is 13.5. The van der Waals surface area contributed by atoms with E-state index in [1.54, 1.807) is 24.3 Å². The molecule has 10 heteroatoms. The molecule has 0 aromatic heterocycles. The van der Waals surface area contributed by atoms with Gasteiger partial charge in [0.1, 0.15) is 12.4 Å². The molecule has 2 heterocycles. The number of rotatable bonds is 5. The van der Waals surface area contributed by atoms with Crippen LogP contribution in [0, 0.1) is 12.3 Å². The Balaban J connectivity index is 1.51. The zero-order valence-corrected chi connectivity index (χ0v) is 19.0. The van der Waals surface area contributed by atoms with Gasteiger partial charge in [0.15, 0.2) is 5.84 Å². The molecule has 0 unspecified atom stereocenters. The van der Waals surface area contributed by atoms with Gasteiger partial charge < -0.3 is 4.74 Å². The fourth-order valence-corrected chi connectivity index (χ4v) is 5.15. The van der Waals surface area contributed by atoms with Gasteiger partial charge in [-0.1, -0.05) is 43.3 Å². The average Bonchev–Trinajstić information content (AvgIpc) is 3.22. The highest BCUT2D eigenvalue weighted by molar-refractivity contribution is 8.42. The normalized spacial score (nSPS) is 17.3. The lowest BCUT2D eigenvalue weighted by Gasteiger charge is -2.20. The summed E-state index contributed by atoms with van der Waals surface area (Å²) in [6.45, 7) is 3.98. The minimum atomic E-state index is -3.56. The Morgan fingerprint density at radius 2 is 1.88 bits per heavy atom. The van der Waals surface area contributed by atoms with Crippen molar-refractivity contribution < 1.29 is 17.9 Å². The molecule has 0 aliphatic carbocycles. The van der Waals surface area contributed by atoms with Crippen LogP contribution in [0.3, 0.4) is 0 Å². The summed E-state index contributed by atoms with van der Waals surface area (Å²) in [6, 6.07) is 15.1. The van der Waals surface area contributed by atoms with E-state index in [2.05, 4.69) is 10.1 Å². The van der Waals surface area contributed by atoms with Gasteiger partial charge in [-0.15, -0.1) is 5.10 Å². The Bertz CT molecular complexity index is 1300. The van der Waals surface area contributed by atoms with Crippen LogP contribution in [0.15, 0.2) is 64.2 Å². The molecule has 0 saturated carbocycles. The Morgan fingerprint density at radius 1 is 1.16 bits per heavy atom. The number of carbonyl (C=O) groups excluding carboxylic acids is 1. The standard InChI is InChI=1S/C22H20N4O4S2/c1-3-32(28,29)22-25-26-19(23)18(20(27)24-21(26)31-22)12-15-8-10-17(11-9-15)30-13-16-7-5-4-6-14(16)2/h4-12,23H,3,13H2,1-2H3/b18-12-,23-19?. The maximum absolute atomic E-state index is 12.5. The van der Waals surface area contributed by atoms with Crippen molar-refractivity contribution in [1.29, 1.82) is 5.41 Å². The molecule has 0 fully saturated rings. The lowest BCUT2D eigenvalue weighted by atomic mass is 10.1. The first kappa shape index (κ1) is 22.0. The van der Waals surface area contributed by atoms with Gasteiger partial charge in [0, 0.05) is 0 Å². The van der Waals surface area contributed by atoms with Gasteiger partial charge in [-0.25, -0.2) is 8.42 Å². The van der Waals surface area contributed by atoms with Crippen LogP contribution in [0.2, 0.25) is 0 Å². The molecule has 0 saturated heterocycles. The minimum Gasteiger partial charge on any atom is -0.489 e. The van der Waals surface area contributed by atoms with Gasteiger partial charge in [0.05, 0.1) is 11.3 Å². The van der Waals surface area contributed by atoms with Crippen LogP contribution in [0.1, 0.15) is 23.6 Å². The summed E-state index contributed by atoms with van der Waals surface area (Å²) in [6.07, 6.45) is 1.53. The Hall–Kier alpha value is -3.24. The second kappa shape index (κ2) is 8.71. The molecule has 164 valence electrons. The zero-order valence-electron chi connectivity index (χ0n) is 17.4. The minimum absolute atomic E-state index is 0.0295. The van der Waals surface area contributed by atoms with Crippen molar-refractivity contribution in [2.24, 2.45) is 10.1 Å². The number of hydrazone groups is 1. The number of amidine groups is 2. The van der Waals surface area contributed by atoms with E-state index in [4.69, 9.17) is 10.1 Å². The van der Waals surface area contributed by atoms with Crippen LogP contribution in [-0.4, -0.2) is 40.5 Å². The molecule has 2 aliphatic heterocycles. The predicted octanol–water partition coefficient (Wildman–Crippen LogP) is 3.59. The number of nitrogens with zero attached hydrogens (tertiary/aromatic N) is 3. The smallest absolute Gasteiger partial charge is 0.283 e. The summed E-state index contributed by atoms with van der Waals surface area (Å²) >= 11 is 0.781. The fraction of sp³-hybridized carbons (Fsp3) is 0.182. The van der Waals surface area contributed by atoms with Gasteiger partial charge >= 0.3 is 0 Å². The van der Waals surface area contributed by atoms with Gasteiger partial charge in [0.25, 0.3) is 5.91 Å². The number of amides is 1. The monoisotopic (exact) mass is 468 g/mol. The van der Waals surface area contributed by atoms with E-state index in [-0.39, 0.29) is 26.7 Å². The molecule has 0 atom stereocenters. The van der Waals surface area contributed by atoms with Crippen LogP contribution in [0.25, 0.3) is 6.08 Å². The van der Waals surface area contributed by atoms with Gasteiger partial charge in [-0.2, -0.15) is 10.0 Å². The van der Waals surface area contributed by atoms with Crippen molar-refractivity contribution in [3.63, 3.8) is 0 Å². The van der Waals surface area contributed by atoms with Crippen molar-refractivity contribution in [3.8, 4) is 5.75 Å². The van der Waals surface area contributed by atoms with E-state index < -0.39 is 15.7 Å². The molecule has 8 nitrogen and oxygen atoms in total. The Kier molecular flexibility index (Phi) is 5.98. The second-order valence-corrected chi connectivity index (χ2v) is 10.5. The van der Waals surface area contributed by atoms with Crippen LogP contribution in [0.5, 0.6) is 5.75 Å². The average molecular weight is 469 g/mol. The Morgan fingerprint density at radius 3 is 2.56 bits per heavy atom. The molecule has 0 radical (unpaired) electrons. The van der Waals surface area contributed by atoms with E-state index in [1.807, 2.05) is 31.2 Å². The van der Waals surface area contributed by atoms with Crippen molar-refractivity contribution in [2.45, 2.75) is 20.5 Å². The number of benzene rings is 2. The molecule has 2 aliphatic rings. The van der Waals surface area contributed by atoms with Gasteiger partial charge in [-0.05, 0) is 53.6 Å². The third-order valence-electron chi connectivity index (χ3n) is 4.93. The number of hydrogen-bond donors (Lipinski definition) is 1. The number of aliphatic imine (C=N–C) groups is 1. The molecule has 0 spiro atoms. The molecule has 2 aromatic rings. The van der Waals surface area contributed by atoms with E-state index in [0.29, 0.717) is 17.9 Å². The summed E-state index contributed by atoms with van der Waals surface area (Å²) < 4.78 is 29.8. The summed E-state index contributed by atoms with van der Waals surface area (Å²) in [4.78, 5) is 16.4. The molecular formula is C22H20N4O4S2. The van der Waals surface area contributed by atoms with Crippen LogP contribution in [-0.2, 0) is 21.2 Å². The number of carbonyl (C=O) groups is 1. The number of ether oxygens (including phenoxy) is 1. The summed E-state index contributed by atoms with van der Waals surface area (Å²) in [5.74, 6) is -0.272. The first-order chi connectivity index (χ1) is 15.3. The van der Waals surface area contributed by atoms with E-state index in [0.717, 1.165) is 27.9 Å². The van der Waals surface area contributed by atoms with Gasteiger partial charge in [0.2, 0.25) is 19.4 Å². The van der Waals surface area contributed by atoms with Crippen molar-refractivity contribution >= 4 is 49.0 Å². The maximum atomic E-state index is 12.5. The van der Waals surface area contributed by atoms with Crippen molar-refractivity contribution in [3.05, 3.63) is 70.8 Å². The molecular weight excluding hydrogens is 448 g/mol. The molecule has 1 N–H and O–H groups in total. The number of hydrogen-bond acceptors (Lipinski definition) is 7. The largest absolute Gasteiger partial charge is 0.489 e. The van der Waals surface area contributed by atoms with Crippen LogP contribution >= 0.6 is 11.8 Å². The predicted molar refractivity (Wildman–Crippen MR) is 126 cm³/mol. The number of fused-ring (bicyclic) bond motifs is 1. The summed E-state index contributed by atoms with van der Waals surface area (Å²) in [5.41, 5.74) is 2.96. The quantitative estimate of drug-likeness (QED) is 0.671. The molecule has 0 bridgehead atoms. The third-order valence-corrected chi connectivity index (χ3v) is 8.02. The van der Waals surface area contributed by atoms with Gasteiger partial charge in [-0.3, -0.25) is 10.2 Å². The topological polar surface area (TPSA) is 112 Å². The third kappa shape index (κ3) is 4.37. The van der Waals surface area contributed by atoms with E-state index in [1.165, 1.54) is 13.0 Å². The van der Waals surface area contributed by atoms with Crippen molar-refractivity contribution in [2.75, 3.05) is 5.75 Å². The number of nitrogens with one attached hydrogen (secondary N) is 1. The molecule has 4 rings (SSSR count). The van der Waals surface area contributed by atoms with Crippen LogP contribution in [0.4, 0.5) is 0 Å². The number of sulfone groups is 1. The summed E-state index contributed by atoms with van der Waals surface area (Å²) in [7, 11) is -3.56. The Labute approximate surface area is 190 Å². The molecule has 1 amide bonds. The lowest BCUT2D eigenvalue weighted by molar-refractivity contribution is -0.114. The second-order valence-electron chi connectivity index (χ2n) is 7.07. The van der Waals surface area contributed by atoms with E-state index in [9.17, 15) is 13.2 Å². The number of thioether (sulfide) groups is 1. The first-order valence-corrected chi connectivity index (χ1v) is 12.3. The SMILES string of the molecule is CCS(=O)(=O)C1=NN2C(=N)/C(=C/c3ccc(OCc4ccccc4C)cc3)C(=O)N=C2S1. The highest BCUT2D eigenvalue weighted by Crippen LogP contribution is 2.30. The van der Waals surface area contributed by atoms with Crippen molar-refractivity contribution in [1.82, 2.24) is 5.01 Å².